The van der Waals surface area contributed by atoms with Crippen LogP contribution in [0.2, 0.25) is 5.02 Å². The van der Waals surface area contributed by atoms with Gasteiger partial charge >= 0.3 is 6.61 Å². The zero-order valence-corrected chi connectivity index (χ0v) is 12.5. The Balaban J connectivity index is 2.07. The SMILES string of the molecule is Cc1cc(Cl)ccc1NC(C)c1ccc(OC(F)F)cc1. The van der Waals surface area contributed by atoms with E-state index < -0.39 is 6.61 Å². The lowest BCUT2D eigenvalue weighted by molar-refractivity contribution is -0.0498. The summed E-state index contributed by atoms with van der Waals surface area (Å²) in [4.78, 5) is 0. The van der Waals surface area contributed by atoms with Crippen LogP contribution >= 0.6 is 11.6 Å². The molecule has 2 aromatic rings. The Morgan fingerprint density at radius 1 is 1.10 bits per heavy atom. The lowest BCUT2D eigenvalue weighted by Crippen LogP contribution is -2.08. The fourth-order valence-electron chi connectivity index (χ4n) is 2.04. The Morgan fingerprint density at radius 3 is 2.33 bits per heavy atom. The highest BCUT2D eigenvalue weighted by atomic mass is 35.5. The maximum absolute atomic E-state index is 12.1. The van der Waals surface area contributed by atoms with Crippen molar-refractivity contribution in [3.8, 4) is 5.75 Å². The predicted octanol–water partition coefficient (Wildman–Crippen LogP) is 5.42. The maximum Gasteiger partial charge on any atom is 0.387 e. The number of ether oxygens (including phenoxy) is 1. The van der Waals surface area contributed by atoms with Crippen molar-refractivity contribution in [2.45, 2.75) is 26.5 Å². The average molecular weight is 312 g/mol. The molecule has 0 fully saturated rings. The van der Waals surface area contributed by atoms with E-state index in [0.717, 1.165) is 16.8 Å². The quantitative estimate of drug-likeness (QED) is 0.795. The minimum atomic E-state index is -2.80. The first-order valence-electron chi connectivity index (χ1n) is 6.53. The molecule has 0 aliphatic carbocycles. The van der Waals surface area contributed by atoms with Crippen molar-refractivity contribution < 1.29 is 13.5 Å². The minimum Gasteiger partial charge on any atom is -0.435 e. The molecular weight excluding hydrogens is 296 g/mol. The summed E-state index contributed by atoms with van der Waals surface area (Å²) >= 11 is 5.93. The Bertz CT molecular complexity index is 602. The molecule has 2 aromatic carbocycles. The second-order valence-corrected chi connectivity index (χ2v) is 5.21. The summed E-state index contributed by atoms with van der Waals surface area (Å²) in [5.74, 6) is 0.156. The standard InChI is InChI=1S/C16H16ClF2NO/c1-10-9-13(17)5-8-15(10)20-11(2)12-3-6-14(7-4-12)21-16(18)19/h3-9,11,16,20H,1-2H3. The van der Waals surface area contributed by atoms with E-state index in [2.05, 4.69) is 10.1 Å². The fourth-order valence-corrected chi connectivity index (χ4v) is 2.27. The monoisotopic (exact) mass is 311 g/mol. The van der Waals surface area contributed by atoms with Crippen LogP contribution in [0.3, 0.4) is 0 Å². The highest BCUT2D eigenvalue weighted by Crippen LogP contribution is 2.26. The Kier molecular flexibility index (Phi) is 5.02. The molecule has 0 radical (unpaired) electrons. The molecule has 2 rings (SSSR count). The van der Waals surface area contributed by atoms with Gasteiger partial charge in [-0.3, -0.25) is 0 Å². The van der Waals surface area contributed by atoms with E-state index >= 15 is 0 Å². The summed E-state index contributed by atoms with van der Waals surface area (Å²) in [7, 11) is 0. The molecule has 0 saturated heterocycles. The average Bonchev–Trinajstić information content (AvgIpc) is 2.42. The molecule has 1 unspecified atom stereocenters. The number of anilines is 1. The van der Waals surface area contributed by atoms with E-state index in [4.69, 9.17) is 11.6 Å². The Hall–Kier alpha value is -1.81. The molecule has 0 aliphatic rings. The summed E-state index contributed by atoms with van der Waals surface area (Å²) in [6, 6.07) is 12.3. The van der Waals surface area contributed by atoms with Gasteiger partial charge in [-0.15, -0.1) is 0 Å². The Morgan fingerprint density at radius 2 is 1.76 bits per heavy atom. The van der Waals surface area contributed by atoms with Gasteiger partial charge in [0.1, 0.15) is 5.75 Å². The van der Waals surface area contributed by atoms with E-state index in [-0.39, 0.29) is 11.8 Å². The van der Waals surface area contributed by atoms with E-state index in [0.29, 0.717) is 5.02 Å². The highest BCUT2D eigenvalue weighted by Gasteiger charge is 2.09. The largest absolute Gasteiger partial charge is 0.435 e. The number of hydrogen-bond donors (Lipinski definition) is 1. The molecule has 112 valence electrons. The first-order valence-corrected chi connectivity index (χ1v) is 6.91. The van der Waals surface area contributed by atoms with Crippen LogP contribution in [0.4, 0.5) is 14.5 Å². The third-order valence-corrected chi connectivity index (χ3v) is 3.40. The van der Waals surface area contributed by atoms with E-state index in [1.165, 1.54) is 12.1 Å². The van der Waals surface area contributed by atoms with Crippen molar-refractivity contribution >= 4 is 17.3 Å². The van der Waals surface area contributed by atoms with Crippen LogP contribution in [0, 0.1) is 6.92 Å². The van der Waals surface area contributed by atoms with E-state index in [1.54, 1.807) is 12.1 Å². The molecule has 0 amide bonds. The van der Waals surface area contributed by atoms with Gasteiger partial charge in [0, 0.05) is 16.8 Å². The third kappa shape index (κ3) is 4.33. The zero-order chi connectivity index (χ0) is 15.4. The van der Waals surface area contributed by atoms with Gasteiger partial charge in [0.25, 0.3) is 0 Å². The summed E-state index contributed by atoms with van der Waals surface area (Å²) in [6.07, 6.45) is 0. The number of aryl methyl sites for hydroxylation is 1. The molecule has 0 saturated carbocycles. The molecule has 21 heavy (non-hydrogen) atoms. The summed E-state index contributed by atoms with van der Waals surface area (Å²) in [6.45, 7) is 1.17. The number of nitrogens with one attached hydrogen (secondary N) is 1. The number of alkyl halides is 2. The number of benzene rings is 2. The molecule has 0 heterocycles. The predicted molar refractivity (Wildman–Crippen MR) is 81.3 cm³/mol. The topological polar surface area (TPSA) is 21.3 Å². The summed E-state index contributed by atoms with van der Waals surface area (Å²) in [5.41, 5.74) is 3.01. The second-order valence-electron chi connectivity index (χ2n) is 4.77. The third-order valence-electron chi connectivity index (χ3n) is 3.17. The van der Waals surface area contributed by atoms with Crippen LogP contribution < -0.4 is 10.1 Å². The summed E-state index contributed by atoms with van der Waals surface area (Å²) in [5, 5.41) is 4.06. The van der Waals surface area contributed by atoms with Crippen LogP contribution in [0.1, 0.15) is 24.1 Å². The second kappa shape index (κ2) is 6.76. The number of rotatable bonds is 5. The first kappa shape index (κ1) is 15.6. The molecular formula is C16H16ClF2NO. The van der Waals surface area contributed by atoms with Gasteiger partial charge in [-0.05, 0) is 55.3 Å². The molecule has 1 N–H and O–H groups in total. The van der Waals surface area contributed by atoms with Gasteiger partial charge < -0.3 is 10.1 Å². The van der Waals surface area contributed by atoms with Crippen molar-refractivity contribution in [1.29, 1.82) is 0 Å². The molecule has 0 aliphatic heterocycles. The summed E-state index contributed by atoms with van der Waals surface area (Å²) < 4.78 is 28.5. The van der Waals surface area contributed by atoms with Crippen molar-refractivity contribution in [3.63, 3.8) is 0 Å². The van der Waals surface area contributed by atoms with Crippen LogP contribution in [0.25, 0.3) is 0 Å². The van der Waals surface area contributed by atoms with Crippen LogP contribution in [0.15, 0.2) is 42.5 Å². The van der Waals surface area contributed by atoms with Gasteiger partial charge in [0.2, 0.25) is 0 Å². The molecule has 2 nitrogen and oxygen atoms in total. The van der Waals surface area contributed by atoms with Gasteiger partial charge in [0.05, 0.1) is 0 Å². The first-order chi connectivity index (χ1) is 9.95. The highest BCUT2D eigenvalue weighted by molar-refractivity contribution is 6.30. The van der Waals surface area contributed by atoms with E-state index in [9.17, 15) is 8.78 Å². The van der Waals surface area contributed by atoms with Gasteiger partial charge in [-0.2, -0.15) is 8.78 Å². The zero-order valence-electron chi connectivity index (χ0n) is 11.7. The van der Waals surface area contributed by atoms with Crippen molar-refractivity contribution in [2.24, 2.45) is 0 Å². The number of hydrogen-bond acceptors (Lipinski definition) is 2. The molecule has 0 bridgehead atoms. The van der Waals surface area contributed by atoms with Crippen LogP contribution in [0.5, 0.6) is 5.75 Å². The van der Waals surface area contributed by atoms with Crippen LogP contribution in [-0.2, 0) is 0 Å². The molecule has 5 heteroatoms. The lowest BCUT2D eigenvalue weighted by atomic mass is 10.1. The van der Waals surface area contributed by atoms with Crippen molar-refractivity contribution in [1.82, 2.24) is 0 Å². The smallest absolute Gasteiger partial charge is 0.387 e. The molecule has 0 aromatic heterocycles. The minimum absolute atomic E-state index is 0.0328. The molecule has 0 spiro atoms. The fraction of sp³-hybridized carbons (Fsp3) is 0.250. The Labute approximate surface area is 127 Å². The van der Waals surface area contributed by atoms with E-state index in [1.807, 2.05) is 32.0 Å². The normalized spacial score (nSPS) is 12.3. The van der Waals surface area contributed by atoms with Gasteiger partial charge in [-0.1, -0.05) is 23.7 Å². The van der Waals surface area contributed by atoms with Crippen LogP contribution in [-0.4, -0.2) is 6.61 Å². The van der Waals surface area contributed by atoms with Gasteiger partial charge in [-0.25, -0.2) is 0 Å². The van der Waals surface area contributed by atoms with Crippen molar-refractivity contribution in [3.05, 3.63) is 58.6 Å². The number of halogens is 3. The van der Waals surface area contributed by atoms with Gasteiger partial charge in [0.15, 0.2) is 0 Å². The molecule has 1 atom stereocenters. The van der Waals surface area contributed by atoms with Crippen molar-refractivity contribution in [2.75, 3.05) is 5.32 Å². The lowest BCUT2D eigenvalue weighted by Gasteiger charge is -2.18. The maximum atomic E-state index is 12.1.